The molecule has 1 aliphatic rings. The lowest BCUT2D eigenvalue weighted by Crippen LogP contribution is -2.35. The van der Waals surface area contributed by atoms with Crippen LogP contribution in [0.1, 0.15) is 13.8 Å². The van der Waals surface area contributed by atoms with Crippen LogP contribution < -0.4 is 14.8 Å². The molecule has 0 saturated heterocycles. The lowest BCUT2D eigenvalue weighted by molar-refractivity contribution is -0.387. The Bertz CT molecular complexity index is 1420. The number of hydrogen-bond acceptors (Lipinski definition) is 7. The molecular weight excluding hydrogens is 429 g/mol. The van der Waals surface area contributed by atoms with E-state index in [-0.39, 0.29) is 22.9 Å². The first-order valence-corrected chi connectivity index (χ1v) is 10.2. The van der Waals surface area contributed by atoms with Crippen molar-refractivity contribution in [2.75, 3.05) is 19.0 Å². The molecule has 4 aromatic rings. The molecule has 2 aromatic heterocycles. The van der Waals surface area contributed by atoms with Gasteiger partial charge in [0.1, 0.15) is 18.1 Å². The van der Waals surface area contributed by atoms with Crippen molar-refractivity contribution in [1.29, 1.82) is 0 Å². The van der Waals surface area contributed by atoms with Crippen molar-refractivity contribution in [3.63, 3.8) is 0 Å². The first-order chi connectivity index (χ1) is 15.8. The zero-order chi connectivity index (χ0) is 23.3. The van der Waals surface area contributed by atoms with E-state index in [0.717, 1.165) is 34.3 Å². The van der Waals surface area contributed by atoms with Crippen LogP contribution in [0.15, 0.2) is 48.8 Å². The summed E-state index contributed by atoms with van der Waals surface area (Å²) in [7, 11) is 1.35. The van der Waals surface area contributed by atoms with Gasteiger partial charge in [0.25, 0.3) is 0 Å². The van der Waals surface area contributed by atoms with E-state index in [2.05, 4.69) is 33.7 Å². The smallest absolute Gasteiger partial charge is 0.307 e. The van der Waals surface area contributed by atoms with Crippen molar-refractivity contribution in [1.82, 2.24) is 14.5 Å². The maximum absolute atomic E-state index is 14.0. The summed E-state index contributed by atoms with van der Waals surface area (Å²) in [6, 6.07) is 9.68. The molecule has 33 heavy (non-hydrogen) atoms. The number of nitro groups is 1. The first-order valence-electron chi connectivity index (χ1n) is 10.2. The van der Waals surface area contributed by atoms with E-state index in [0.29, 0.717) is 12.3 Å². The maximum atomic E-state index is 14.0. The van der Waals surface area contributed by atoms with Crippen LogP contribution in [0.2, 0.25) is 0 Å². The molecule has 0 fully saturated rings. The molecule has 9 nitrogen and oxygen atoms in total. The molecule has 10 heteroatoms. The van der Waals surface area contributed by atoms with Gasteiger partial charge < -0.3 is 19.4 Å². The third-order valence-corrected chi connectivity index (χ3v) is 5.69. The van der Waals surface area contributed by atoms with E-state index >= 15 is 0 Å². The zero-order valence-electron chi connectivity index (χ0n) is 18.1. The average Bonchev–Trinajstić information content (AvgIpc) is 3.25. The van der Waals surface area contributed by atoms with E-state index in [4.69, 9.17) is 9.47 Å². The predicted molar refractivity (Wildman–Crippen MR) is 121 cm³/mol. The highest BCUT2D eigenvalue weighted by molar-refractivity contribution is 5.98. The van der Waals surface area contributed by atoms with Crippen molar-refractivity contribution in [3.8, 4) is 22.8 Å². The number of hydrogen-bond donors (Lipinski definition) is 1. The van der Waals surface area contributed by atoms with E-state index in [1.807, 2.05) is 24.4 Å². The van der Waals surface area contributed by atoms with Gasteiger partial charge in [-0.15, -0.1) is 0 Å². The van der Waals surface area contributed by atoms with Crippen molar-refractivity contribution in [3.05, 3.63) is 64.7 Å². The SMILES string of the molecule is COc1cc(F)c([N+](=O)[O-])cc1Nc1nccc(-c2ccc3c4c2ccn4C(C)(C)CO3)n1. The lowest BCUT2D eigenvalue weighted by Gasteiger charge is -2.33. The van der Waals surface area contributed by atoms with Gasteiger partial charge in [-0.25, -0.2) is 9.97 Å². The molecule has 0 bridgehead atoms. The highest BCUT2D eigenvalue weighted by atomic mass is 19.1. The number of benzene rings is 2. The van der Waals surface area contributed by atoms with Crippen molar-refractivity contribution in [2.24, 2.45) is 0 Å². The number of anilines is 2. The monoisotopic (exact) mass is 449 g/mol. The van der Waals surface area contributed by atoms with Crippen LogP contribution >= 0.6 is 0 Å². The van der Waals surface area contributed by atoms with Crippen LogP contribution in [0.3, 0.4) is 0 Å². The molecule has 0 radical (unpaired) electrons. The molecule has 1 aliphatic heterocycles. The second-order valence-corrected chi connectivity index (χ2v) is 8.31. The van der Waals surface area contributed by atoms with Crippen LogP contribution in [-0.2, 0) is 5.54 Å². The molecule has 1 N–H and O–H groups in total. The topological polar surface area (TPSA) is 104 Å². The number of methoxy groups -OCH3 is 1. The fraction of sp³-hybridized carbons (Fsp3) is 0.217. The van der Waals surface area contributed by atoms with Crippen molar-refractivity contribution < 1.29 is 18.8 Å². The van der Waals surface area contributed by atoms with E-state index in [1.165, 1.54) is 7.11 Å². The summed E-state index contributed by atoms with van der Waals surface area (Å²) >= 11 is 0. The molecule has 0 spiro atoms. The molecule has 0 aliphatic carbocycles. The van der Waals surface area contributed by atoms with Crippen LogP contribution in [0.5, 0.6) is 11.5 Å². The Morgan fingerprint density at radius 1 is 1.27 bits per heavy atom. The first kappa shape index (κ1) is 20.7. The maximum Gasteiger partial charge on any atom is 0.307 e. The highest BCUT2D eigenvalue weighted by Crippen LogP contribution is 2.40. The largest absolute Gasteiger partial charge is 0.494 e. The molecule has 0 saturated carbocycles. The van der Waals surface area contributed by atoms with E-state index < -0.39 is 16.4 Å². The quantitative estimate of drug-likeness (QED) is 0.337. The standard InChI is InChI=1S/C23H20FN5O4/c1-23(2)12-33-19-5-4-13(14-7-9-28(23)21(14)19)16-6-8-25-22(26-16)27-17-11-18(29(30)31)15(24)10-20(17)32-3/h4-11H,12H2,1-3H3,(H,25,26,27). The van der Waals surface area contributed by atoms with E-state index in [9.17, 15) is 14.5 Å². The van der Waals surface area contributed by atoms with Gasteiger partial charge in [-0.3, -0.25) is 10.1 Å². The zero-order valence-corrected chi connectivity index (χ0v) is 18.1. The van der Waals surface area contributed by atoms with Gasteiger partial charge in [0, 0.05) is 35.5 Å². The minimum Gasteiger partial charge on any atom is -0.494 e. The van der Waals surface area contributed by atoms with Crippen LogP contribution in [-0.4, -0.2) is 33.2 Å². The second-order valence-electron chi connectivity index (χ2n) is 8.31. The van der Waals surface area contributed by atoms with Gasteiger partial charge in [-0.05, 0) is 38.1 Å². The third-order valence-electron chi connectivity index (χ3n) is 5.69. The number of aromatic nitrogens is 3. The summed E-state index contributed by atoms with van der Waals surface area (Å²) in [5.41, 5.74) is 1.85. The van der Waals surface area contributed by atoms with Gasteiger partial charge in [0.05, 0.1) is 34.5 Å². The summed E-state index contributed by atoms with van der Waals surface area (Å²) in [4.78, 5) is 19.2. The fourth-order valence-corrected chi connectivity index (χ4v) is 4.04. The number of nitrogens with zero attached hydrogens (tertiary/aromatic N) is 4. The Kier molecular flexibility index (Phi) is 4.66. The second kappa shape index (κ2) is 7.44. The van der Waals surface area contributed by atoms with Crippen molar-refractivity contribution in [2.45, 2.75) is 19.4 Å². The number of rotatable bonds is 5. The normalized spacial score (nSPS) is 14.1. The van der Waals surface area contributed by atoms with E-state index in [1.54, 1.807) is 12.3 Å². The van der Waals surface area contributed by atoms with Crippen LogP contribution in [0, 0.1) is 15.9 Å². The van der Waals surface area contributed by atoms with Gasteiger partial charge >= 0.3 is 5.69 Å². The Hall–Kier alpha value is -4.21. The Labute approximate surface area is 188 Å². The van der Waals surface area contributed by atoms with Crippen molar-refractivity contribution >= 4 is 28.2 Å². The minimum atomic E-state index is -0.990. The minimum absolute atomic E-state index is 0.0949. The average molecular weight is 449 g/mol. The molecule has 0 atom stereocenters. The summed E-state index contributed by atoms with van der Waals surface area (Å²) in [6.07, 6.45) is 3.63. The number of halogens is 1. The Morgan fingerprint density at radius 2 is 2.09 bits per heavy atom. The summed E-state index contributed by atoms with van der Waals surface area (Å²) in [5, 5.41) is 15.0. The van der Waals surface area contributed by atoms with Gasteiger partial charge in [0.15, 0.2) is 0 Å². The van der Waals surface area contributed by atoms with Gasteiger partial charge in [-0.2, -0.15) is 4.39 Å². The summed E-state index contributed by atoms with van der Waals surface area (Å²) < 4.78 is 27.3. The molecule has 5 rings (SSSR count). The molecule has 168 valence electrons. The Morgan fingerprint density at radius 3 is 2.85 bits per heavy atom. The third kappa shape index (κ3) is 3.39. The predicted octanol–water partition coefficient (Wildman–Crippen LogP) is 5.03. The molecular formula is C23H20FN5O4. The van der Waals surface area contributed by atoms with Gasteiger partial charge in [-0.1, -0.05) is 0 Å². The molecule has 3 heterocycles. The number of ether oxygens (including phenoxy) is 2. The summed E-state index contributed by atoms with van der Waals surface area (Å²) in [5.74, 6) is 0.106. The van der Waals surface area contributed by atoms with Crippen LogP contribution in [0.25, 0.3) is 22.2 Å². The van der Waals surface area contributed by atoms with Crippen LogP contribution in [0.4, 0.5) is 21.7 Å². The molecule has 0 amide bonds. The van der Waals surface area contributed by atoms with Gasteiger partial charge in [0.2, 0.25) is 11.8 Å². The molecule has 2 aromatic carbocycles. The molecule has 0 unspecified atom stereocenters. The highest BCUT2D eigenvalue weighted by Gasteiger charge is 2.29. The number of nitro benzene ring substituents is 1. The Balaban J connectivity index is 1.57. The number of nitrogens with one attached hydrogen (secondary N) is 1. The summed E-state index contributed by atoms with van der Waals surface area (Å²) in [6.45, 7) is 4.81. The lowest BCUT2D eigenvalue weighted by atomic mass is 10.0. The fourth-order valence-electron chi connectivity index (χ4n) is 4.04.